The molecule has 5 nitrogen and oxygen atoms in total. The number of nitrogens with one attached hydrogen (secondary N) is 1. The molecule has 0 unspecified atom stereocenters. The first-order valence-electron chi connectivity index (χ1n) is 11.8. The van der Waals surface area contributed by atoms with Crippen molar-refractivity contribution >= 4 is 41.0 Å². The molecule has 0 aliphatic heterocycles. The minimum Gasteiger partial charge on any atom is -0.405 e. The molecule has 0 aliphatic carbocycles. The van der Waals surface area contributed by atoms with Crippen LogP contribution in [0, 0.1) is 12.7 Å². The fraction of sp³-hybridized carbons (Fsp3) is 0.500. The average Bonchev–Trinajstić information content (AvgIpc) is 2.72. The maximum Gasteiger partial charge on any atom is 0.302 e. The summed E-state index contributed by atoms with van der Waals surface area (Å²) in [4.78, 5) is 13.0. The number of nitrogens with zero attached hydrogens (tertiary/aromatic N) is 3. The van der Waals surface area contributed by atoms with E-state index in [1.165, 1.54) is 26.0 Å². The second kappa shape index (κ2) is 9.68. The van der Waals surface area contributed by atoms with E-state index in [1.807, 2.05) is 33.9 Å². The molecule has 0 fully saturated rings. The van der Waals surface area contributed by atoms with Crippen LogP contribution >= 0.6 is 15.9 Å². The van der Waals surface area contributed by atoms with Crippen molar-refractivity contribution < 1.29 is 17.6 Å². The molecule has 196 valence electrons. The molecule has 1 N–H and O–H groups in total. The van der Waals surface area contributed by atoms with Crippen molar-refractivity contribution in [2.75, 3.05) is 5.32 Å². The lowest BCUT2D eigenvalue weighted by Crippen LogP contribution is -2.54. The van der Waals surface area contributed by atoms with Gasteiger partial charge in [0.25, 0.3) is 0 Å². The zero-order valence-electron chi connectivity index (χ0n) is 22.2. The van der Waals surface area contributed by atoms with Crippen molar-refractivity contribution in [3.63, 3.8) is 0 Å². The van der Waals surface area contributed by atoms with E-state index in [1.54, 1.807) is 26.1 Å². The molecule has 1 aromatic carbocycles. The number of rotatable bonds is 7. The number of halogens is 4. The van der Waals surface area contributed by atoms with E-state index >= 15 is 13.2 Å². The van der Waals surface area contributed by atoms with Gasteiger partial charge in [0.05, 0.1) is 23.3 Å². The second-order valence-corrected chi connectivity index (χ2v) is 16.7. The monoisotopic (exact) mass is 582 g/mol. The van der Waals surface area contributed by atoms with Crippen LogP contribution in [0.5, 0.6) is 0 Å². The maximum atomic E-state index is 15.9. The molecule has 2 heterocycles. The van der Waals surface area contributed by atoms with Crippen LogP contribution in [0.3, 0.4) is 0 Å². The first kappa shape index (κ1) is 28.5. The summed E-state index contributed by atoms with van der Waals surface area (Å²) in [7, 11) is -2.56. The lowest BCUT2D eigenvalue weighted by atomic mass is 9.91. The number of benzene rings is 1. The van der Waals surface area contributed by atoms with E-state index in [2.05, 4.69) is 36.2 Å². The molecule has 0 aliphatic rings. The molecule has 36 heavy (non-hydrogen) atoms. The first-order valence-corrected chi connectivity index (χ1v) is 15.5. The fourth-order valence-electron chi connectivity index (χ4n) is 3.82. The quantitative estimate of drug-likeness (QED) is 0.224. The molecule has 0 spiro atoms. The van der Waals surface area contributed by atoms with Gasteiger partial charge in [-0.25, -0.2) is 19.3 Å². The summed E-state index contributed by atoms with van der Waals surface area (Å²) in [6.07, 6.45) is 1.61. The molecule has 10 heteroatoms. The predicted molar refractivity (Wildman–Crippen MR) is 144 cm³/mol. The van der Waals surface area contributed by atoms with Gasteiger partial charge in [0.1, 0.15) is 27.7 Å². The lowest BCUT2D eigenvalue weighted by Gasteiger charge is -2.45. The highest BCUT2D eigenvalue weighted by Crippen LogP contribution is 2.48. The Hall–Kier alpha value is -2.04. The van der Waals surface area contributed by atoms with Gasteiger partial charge in [0, 0.05) is 10.9 Å². The largest absolute Gasteiger partial charge is 0.405 e. The van der Waals surface area contributed by atoms with E-state index in [-0.39, 0.29) is 10.6 Å². The van der Waals surface area contributed by atoms with Crippen molar-refractivity contribution in [2.24, 2.45) is 0 Å². The topological polar surface area (TPSA) is 59.9 Å². The van der Waals surface area contributed by atoms with Gasteiger partial charge in [0.2, 0.25) is 0 Å². The van der Waals surface area contributed by atoms with Crippen molar-refractivity contribution in [2.45, 2.75) is 84.2 Å². The van der Waals surface area contributed by atoms with Gasteiger partial charge in [0.15, 0.2) is 8.32 Å². The Morgan fingerprint density at radius 1 is 1.08 bits per heavy atom. The van der Waals surface area contributed by atoms with Crippen LogP contribution in [-0.2, 0) is 10.3 Å². The maximum absolute atomic E-state index is 15.9. The number of aryl methyl sites for hydroxylation is 1. The SMILES string of the molecule is Cc1nc(N[C@H](C)c2cccc(C(F)(F)C(C)(C)O[Si](C)(C)C(C)(C)C)c2F)c2cc(Br)ncc2n1. The normalized spacial score (nSPS) is 14.2. The van der Waals surface area contributed by atoms with Crippen LogP contribution in [0.1, 0.15) is 64.5 Å². The summed E-state index contributed by atoms with van der Waals surface area (Å²) in [6, 6.07) is 5.18. The molecule has 0 bridgehead atoms. The molecule has 2 aromatic heterocycles. The van der Waals surface area contributed by atoms with Crippen molar-refractivity contribution in [3.8, 4) is 0 Å². The highest BCUT2D eigenvalue weighted by molar-refractivity contribution is 9.10. The zero-order valence-corrected chi connectivity index (χ0v) is 24.8. The first-order chi connectivity index (χ1) is 16.4. The molecule has 0 amide bonds. The second-order valence-electron chi connectivity index (χ2n) is 11.2. The lowest BCUT2D eigenvalue weighted by molar-refractivity contribution is -0.162. The Balaban J connectivity index is 1.99. The zero-order chi connectivity index (χ0) is 27.3. The third-order valence-electron chi connectivity index (χ3n) is 6.92. The van der Waals surface area contributed by atoms with Gasteiger partial charge >= 0.3 is 5.92 Å². The summed E-state index contributed by atoms with van der Waals surface area (Å²) < 4.78 is 54.3. The summed E-state index contributed by atoms with van der Waals surface area (Å²) in [5.41, 5.74) is -1.88. The molecule has 0 saturated heterocycles. The molecule has 0 radical (unpaired) electrons. The van der Waals surface area contributed by atoms with Gasteiger partial charge in [-0.05, 0) is 73.9 Å². The third kappa shape index (κ3) is 5.45. The Morgan fingerprint density at radius 2 is 1.72 bits per heavy atom. The van der Waals surface area contributed by atoms with Crippen molar-refractivity contribution in [1.82, 2.24) is 15.0 Å². The van der Waals surface area contributed by atoms with Crippen LogP contribution in [0.15, 0.2) is 35.1 Å². The number of pyridine rings is 1. The van der Waals surface area contributed by atoms with Gasteiger partial charge in [-0.1, -0.05) is 32.9 Å². The van der Waals surface area contributed by atoms with Gasteiger partial charge in [-0.2, -0.15) is 8.78 Å². The number of aromatic nitrogens is 3. The van der Waals surface area contributed by atoms with Gasteiger partial charge in [-0.15, -0.1) is 0 Å². The number of fused-ring (bicyclic) bond motifs is 1. The Bertz CT molecular complexity index is 1280. The number of hydrogen-bond donors (Lipinski definition) is 1. The average molecular weight is 584 g/mol. The molecule has 1 atom stereocenters. The summed E-state index contributed by atoms with van der Waals surface area (Å²) in [5, 5.41) is 3.58. The number of alkyl halides is 2. The Morgan fingerprint density at radius 3 is 2.33 bits per heavy atom. The smallest absolute Gasteiger partial charge is 0.302 e. The summed E-state index contributed by atoms with van der Waals surface area (Å²) >= 11 is 3.34. The van der Waals surface area contributed by atoms with Crippen LogP contribution in [0.2, 0.25) is 18.1 Å². The van der Waals surface area contributed by atoms with Crippen LogP contribution in [-0.4, -0.2) is 28.9 Å². The van der Waals surface area contributed by atoms with Crippen molar-refractivity contribution in [1.29, 1.82) is 0 Å². The molecule has 3 aromatic rings. The van der Waals surface area contributed by atoms with E-state index in [4.69, 9.17) is 4.43 Å². The third-order valence-corrected chi connectivity index (χ3v) is 12.0. The number of hydrogen-bond acceptors (Lipinski definition) is 5. The molecular formula is C26H34BrF3N4OSi. The molecule has 0 saturated carbocycles. The van der Waals surface area contributed by atoms with E-state index < -0.39 is 37.3 Å². The van der Waals surface area contributed by atoms with E-state index in [0.717, 1.165) is 6.07 Å². The Labute approximate surface area is 220 Å². The van der Waals surface area contributed by atoms with E-state index in [0.29, 0.717) is 27.1 Å². The standard InChI is InChI=1S/C26H34BrF3N4OSi/c1-15(32-23-18-13-21(27)31-14-20(18)33-16(2)34-23)17-11-10-12-19(22(17)28)26(29,30)25(6,7)35-36(8,9)24(3,4)5/h10-15H,1-9H3,(H,32,33,34)/t15-/m1/s1. The van der Waals surface area contributed by atoms with Crippen molar-refractivity contribution in [3.05, 3.63) is 57.8 Å². The molecule has 3 rings (SSSR count). The minimum absolute atomic E-state index is 0.104. The number of anilines is 1. The van der Waals surface area contributed by atoms with Gasteiger partial charge < -0.3 is 9.74 Å². The fourth-order valence-corrected chi connectivity index (χ4v) is 5.86. The Kier molecular flexibility index (Phi) is 7.67. The summed E-state index contributed by atoms with van der Waals surface area (Å²) in [5.74, 6) is -3.57. The summed E-state index contributed by atoms with van der Waals surface area (Å²) in [6.45, 7) is 15.9. The highest BCUT2D eigenvalue weighted by Gasteiger charge is 2.55. The molecular weight excluding hydrogens is 549 g/mol. The van der Waals surface area contributed by atoms with E-state index in [9.17, 15) is 0 Å². The predicted octanol–water partition coefficient (Wildman–Crippen LogP) is 8.30. The van der Waals surface area contributed by atoms with Crippen LogP contribution in [0.25, 0.3) is 10.9 Å². The van der Waals surface area contributed by atoms with Gasteiger partial charge in [-0.3, -0.25) is 0 Å². The highest BCUT2D eigenvalue weighted by atomic mass is 79.9. The minimum atomic E-state index is -3.57. The van der Waals surface area contributed by atoms with Crippen LogP contribution in [0.4, 0.5) is 19.0 Å². The van der Waals surface area contributed by atoms with Crippen LogP contribution < -0.4 is 5.32 Å².